The molecule has 0 fully saturated rings. The second-order valence-corrected chi connectivity index (χ2v) is 1.61. The molecule has 0 aromatic heterocycles. The van der Waals surface area contributed by atoms with E-state index in [-0.39, 0.29) is 5.91 Å². The van der Waals surface area contributed by atoms with Gasteiger partial charge in [-0.05, 0) is 6.42 Å². The van der Waals surface area contributed by atoms with E-state index in [1.165, 1.54) is 0 Å². The van der Waals surface area contributed by atoms with Crippen molar-refractivity contribution >= 4 is 5.91 Å². The SMILES string of the molecule is N#CNCCCC(N)=O. The summed E-state index contributed by atoms with van der Waals surface area (Å²) in [4.78, 5) is 10.1. The van der Waals surface area contributed by atoms with E-state index < -0.39 is 0 Å². The van der Waals surface area contributed by atoms with Gasteiger partial charge in [-0.15, -0.1) is 0 Å². The number of nitrogens with zero attached hydrogens (tertiary/aromatic N) is 1. The highest BCUT2D eigenvalue weighted by molar-refractivity contribution is 5.73. The summed E-state index contributed by atoms with van der Waals surface area (Å²) < 4.78 is 0. The number of hydrogen-bond donors (Lipinski definition) is 2. The molecule has 4 heteroatoms. The molecule has 3 N–H and O–H groups in total. The van der Waals surface area contributed by atoms with Gasteiger partial charge in [0.15, 0.2) is 6.19 Å². The lowest BCUT2D eigenvalue weighted by Crippen LogP contribution is -2.14. The Hall–Kier alpha value is -1.24. The Labute approximate surface area is 53.6 Å². The van der Waals surface area contributed by atoms with Crippen molar-refractivity contribution in [3.8, 4) is 6.19 Å². The lowest BCUT2D eigenvalue weighted by Gasteiger charge is -1.92. The first-order valence-electron chi connectivity index (χ1n) is 2.67. The summed E-state index contributed by atoms with van der Waals surface area (Å²) >= 11 is 0. The van der Waals surface area contributed by atoms with Crippen LogP contribution in [-0.2, 0) is 4.79 Å². The van der Waals surface area contributed by atoms with E-state index in [4.69, 9.17) is 11.0 Å². The fourth-order valence-electron chi connectivity index (χ4n) is 0.407. The quantitative estimate of drug-likeness (QED) is 0.298. The third kappa shape index (κ3) is 6.76. The molecule has 1 amide bonds. The molecule has 0 saturated heterocycles. The molecule has 0 heterocycles. The first kappa shape index (κ1) is 7.76. The molecule has 0 aliphatic rings. The Morgan fingerprint density at radius 3 is 2.89 bits per heavy atom. The Morgan fingerprint density at radius 2 is 2.44 bits per heavy atom. The number of amides is 1. The number of carbonyl (C=O) groups is 1. The summed E-state index contributed by atoms with van der Waals surface area (Å²) in [6.07, 6.45) is 2.71. The summed E-state index contributed by atoms with van der Waals surface area (Å²) in [7, 11) is 0. The van der Waals surface area contributed by atoms with Crippen molar-refractivity contribution in [1.82, 2.24) is 5.32 Å². The van der Waals surface area contributed by atoms with Crippen LogP contribution in [0.4, 0.5) is 0 Å². The molecule has 0 aromatic rings. The van der Waals surface area contributed by atoms with Crippen molar-refractivity contribution < 1.29 is 4.79 Å². The second kappa shape index (κ2) is 4.91. The number of rotatable bonds is 4. The summed E-state index contributed by atoms with van der Waals surface area (Å²) in [6.45, 7) is 0.527. The highest BCUT2D eigenvalue weighted by atomic mass is 16.1. The molecule has 0 aliphatic heterocycles. The number of primary amides is 1. The smallest absolute Gasteiger partial charge is 0.217 e. The molecule has 50 valence electrons. The maximum Gasteiger partial charge on any atom is 0.217 e. The Balaban J connectivity index is 2.94. The largest absolute Gasteiger partial charge is 0.370 e. The van der Waals surface area contributed by atoms with Crippen molar-refractivity contribution in [3.63, 3.8) is 0 Å². The van der Waals surface area contributed by atoms with Crippen LogP contribution in [0.1, 0.15) is 12.8 Å². The summed E-state index contributed by atoms with van der Waals surface area (Å²) in [5, 5.41) is 10.4. The molecule has 0 saturated carbocycles. The topological polar surface area (TPSA) is 78.9 Å². The Kier molecular flexibility index (Phi) is 4.23. The van der Waals surface area contributed by atoms with Crippen LogP contribution in [0.3, 0.4) is 0 Å². The average molecular weight is 127 g/mol. The molecule has 0 bridgehead atoms. The summed E-state index contributed by atoms with van der Waals surface area (Å²) in [6, 6.07) is 0. The van der Waals surface area contributed by atoms with Crippen LogP contribution in [0.2, 0.25) is 0 Å². The third-order valence-electron chi connectivity index (χ3n) is 0.804. The first-order valence-corrected chi connectivity index (χ1v) is 2.67. The van der Waals surface area contributed by atoms with E-state index in [1.807, 2.05) is 0 Å². The lowest BCUT2D eigenvalue weighted by atomic mass is 10.3. The van der Waals surface area contributed by atoms with E-state index in [0.29, 0.717) is 19.4 Å². The van der Waals surface area contributed by atoms with Crippen molar-refractivity contribution in [2.75, 3.05) is 6.54 Å². The van der Waals surface area contributed by atoms with Gasteiger partial charge in [0.25, 0.3) is 0 Å². The second-order valence-electron chi connectivity index (χ2n) is 1.61. The molecule has 9 heavy (non-hydrogen) atoms. The van der Waals surface area contributed by atoms with Gasteiger partial charge < -0.3 is 11.1 Å². The molecule has 0 atom stereocenters. The van der Waals surface area contributed by atoms with Gasteiger partial charge in [0.2, 0.25) is 5.91 Å². The zero-order valence-electron chi connectivity index (χ0n) is 5.05. The molecule has 0 aliphatic carbocycles. The summed E-state index contributed by atoms with van der Waals surface area (Å²) in [5.41, 5.74) is 4.83. The van der Waals surface area contributed by atoms with Crippen LogP contribution in [0.15, 0.2) is 0 Å². The molecule has 0 unspecified atom stereocenters. The minimum absolute atomic E-state index is 0.324. The highest BCUT2D eigenvalue weighted by Crippen LogP contribution is 1.82. The molecular formula is C5H9N3O. The molecule has 0 aromatic carbocycles. The fourth-order valence-corrected chi connectivity index (χ4v) is 0.407. The van der Waals surface area contributed by atoms with Crippen LogP contribution in [0, 0.1) is 11.5 Å². The Bertz CT molecular complexity index is 127. The minimum Gasteiger partial charge on any atom is -0.370 e. The maximum absolute atomic E-state index is 10.1. The predicted molar refractivity (Wildman–Crippen MR) is 32.0 cm³/mol. The average Bonchev–Trinajstić information content (AvgIpc) is 1.80. The number of nitrogens with one attached hydrogen (secondary N) is 1. The predicted octanol–water partition coefficient (Wildman–Crippen LogP) is -0.677. The van der Waals surface area contributed by atoms with Gasteiger partial charge in [-0.2, -0.15) is 5.26 Å². The van der Waals surface area contributed by atoms with Crippen molar-refractivity contribution in [1.29, 1.82) is 5.26 Å². The van der Waals surface area contributed by atoms with Crippen LogP contribution in [-0.4, -0.2) is 12.5 Å². The molecule has 0 spiro atoms. The van der Waals surface area contributed by atoms with E-state index in [9.17, 15) is 4.79 Å². The maximum atomic E-state index is 10.1. The van der Waals surface area contributed by atoms with Gasteiger partial charge in [0.1, 0.15) is 0 Å². The normalized spacial score (nSPS) is 7.89. The number of nitriles is 1. The van der Waals surface area contributed by atoms with Crippen LogP contribution < -0.4 is 11.1 Å². The van der Waals surface area contributed by atoms with E-state index in [1.54, 1.807) is 6.19 Å². The van der Waals surface area contributed by atoms with E-state index in [0.717, 1.165) is 0 Å². The van der Waals surface area contributed by atoms with Gasteiger partial charge in [0.05, 0.1) is 0 Å². The van der Waals surface area contributed by atoms with Crippen molar-refractivity contribution in [3.05, 3.63) is 0 Å². The van der Waals surface area contributed by atoms with Crippen molar-refractivity contribution in [2.45, 2.75) is 12.8 Å². The van der Waals surface area contributed by atoms with E-state index in [2.05, 4.69) is 5.32 Å². The standard InChI is InChI=1S/C5H9N3O/c6-4-8-3-1-2-5(7)9/h8H,1-3H2,(H2,7,9). The minimum atomic E-state index is -0.324. The molecule has 0 rings (SSSR count). The zero-order valence-corrected chi connectivity index (χ0v) is 5.05. The van der Waals surface area contributed by atoms with Gasteiger partial charge >= 0.3 is 0 Å². The highest BCUT2D eigenvalue weighted by Gasteiger charge is 1.91. The lowest BCUT2D eigenvalue weighted by molar-refractivity contribution is -0.118. The monoisotopic (exact) mass is 127 g/mol. The number of carbonyl (C=O) groups excluding carboxylic acids is 1. The van der Waals surface area contributed by atoms with Crippen LogP contribution in [0.5, 0.6) is 0 Å². The third-order valence-corrected chi connectivity index (χ3v) is 0.804. The van der Waals surface area contributed by atoms with Gasteiger partial charge in [0, 0.05) is 13.0 Å². The zero-order chi connectivity index (χ0) is 7.11. The van der Waals surface area contributed by atoms with Gasteiger partial charge in [-0.3, -0.25) is 4.79 Å². The molecular weight excluding hydrogens is 118 g/mol. The first-order chi connectivity index (χ1) is 4.27. The molecule has 4 nitrogen and oxygen atoms in total. The van der Waals surface area contributed by atoms with Crippen molar-refractivity contribution in [2.24, 2.45) is 5.73 Å². The van der Waals surface area contributed by atoms with Gasteiger partial charge in [-0.25, -0.2) is 0 Å². The number of hydrogen-bond acceptors (Lipinski definition) is 3. The summed E-state index contributed by atoms with van der Waals surface area (Å²) in [5.74, 6) is -0.324. The van der Waals surface area contributed by atoms with Crippen LogP contribution >= 0.6 is 0 Å². The Morgan fingerprint density at radius 1 is 1.78 bits per heavy atom. The molecule has 0 radical (unpaired) electrons. The van der Waals surface area contributed by atoms with Gasteiger partial charge in [-0.1, -0.05) is 0 Å². The van der Waals surface area contributed by atoms with Crippen LogP contribution in [0.25, 0.3) is 0 Å². The number of nitrogens with two attached hydrogens (primary N) is 1. The van der Waals surface area contributed by atoms with E-state index >= 15 is 0 Å². The fraction of sp³-hybridized carbons (Fsp3) is 0.600.